The Morgan fingerprint density at radius 2 is 1.86 bits per heavy atom. The molecule has 0 aliphatic carbocycles. The zero-order valence-electron chi connectivity index (χ0n) is 25.5. The van der Waals surface area contributed by atoms with E-state index in [0.717, 1.165) is 43.4 Å². The van der Waals surface area contributed by atoms with Crippen molar-refractivity contribution in [2.45, 2.75) is 59.7 Å². The van der Waals surface area contributed by atoms with Gasteiger partial charge in [0.1, 0.15) is 11.5 Å². The fourth-order valence-electron chi connectivity index (χ4n) is 4.93. The van der Waals surface area contributed by atoms with Crippen molar-refractivity contribution in [3.63, 3.8) is 0 Å². The van der Waals surface area contributed by atoms with Crippen molar-refractivity contribution in [3.8, 4) is 23.0 Å². The third kappa shape index (κ3) is 9.11. The fraction of sp³-hybridized carbons (Fsp3) is 0.500. The third-order valence-electron chi connectivity index (χ3n) is 6.94. The Hall–Kier alpha value is -3.27. The van der Waals surface area contributed by atoms with Gasteiger partial charge >= 0.3 is 6.03 Å². The fourth-order valence-corrected chi connectivity index (χ4v) is 5.15. The number of nitrogens with one attached hydrogen (secondary N) is 2. The smallest absolute Gasteiger partial charge is 0.319 e. The van der Waals surface area contributed by atoms with E-state index in [1.807, 2.05) is 12.1 Å². The molecule has 9 nitrogen and oxygen atoms in total. The third-order valence-corrected chi connectivity index (χ3v) is 7.25. The van der Waals surface area contributed by atoms with Gasteiger partial charge in [0.25, 0.3) is 0 Å². The molecule has 0 radical (unpaired) electrons. The van der Waals surface area contributed by atoms with Crippen LogP contribution in [0.4, 0.5) is 10.5 Å². The van der Waals surface area contributed by atoms with Crippen molar-refractivity contribution in [2.75, 3.05) is 45.2 Å². The lowest BCUT2D eigenvalue weighted by Crippen LogP contribution is -2.45. The summed E-state index contributed by atoms with van der Waals surface area (Å²) in [6.45, 7) is 14.6. The number of fused-ring (bicyclic) bond motifs is 1. The number of methoxy groups -OCH3 is 1. The van der Waals surface area contributed by atoms with Crippen LogP contribution in [0.1, 0.15) is 47.5 Å². The number of urea groups is 1. The molecule has 42 heavy (non-hydrogen) atoms. The average Bonchev–Trinajstić information content (AvgIpc) is 2.91. The molecule has 1 aliphatic heterocycles. The Labute approximate surface area is 253 Å². The first-order chi connectivity index (χ1) is 20.0. The van der Waals surface area contributed by atoms with Gasteiger partial charge in [-0.25, -0.2) is 4.79 Å². The number of amides is 2. The van der Waals surface area contributed by atoms with Crippen molar-refractivity contribution in [2.24, 2.45) is 5.41 Å². The molecule has 1 aromatic heterocycles. The molecule has 2 aromatic carbocycles. The molecular weight excluding hydrogens is 556 g/mol. The minimum atomic E-state index is -0.301. The van der Waals surface area contributed by atoms with Gasteiger partial charge < -0.3 is 29.6 Å². The van der Waals surface area contributed by atoms with E-state index in [9.17, 15) is 4.79 Å². The monoisotopic (exact) mass is 598 g/mol. The predicted octanol–water partition coefficient (Wildman–Crippen LogP) is 7.12. The van der Waals surface area contributed by atoms with Crippen LogP contribution < -0.4 is 24.8 Å². The van der Waals surface area contributed by atoms with E-state index in [1.165, 1.54) is 0 Å². The maximum Gasteiger partial charge on any atom is 0.319 e. The summed E-state index contributed by atoms with van der Waals surface area (Å²) in [4.78, 5) is 19.2. The lowest BCUT2D eigenvalue weighted by molar-refractivity contribution is -0.0686. The highest BCUT2D eigenvalue weighted by molar-refractivity contribution is 6.33. The zero-order chi connectivity index (χ0) is 30.3. The number of halogens is 1. The molecule has 0 saturated carbocycles. The summed E-state index contributed by atoms with van der Waals surface area (Å²) in [5.41, 5.74) is 1.36. The molecular formula is C32H43ClN4O5. The normalized spacial score (nSPS) is 17.6. The van der Waals surface area contributed by atoms with Crippen LogP contribution in [-0.4, -0.2) is 68.0 Å². The highest BCUT2D eigenvalue weighted by atomic mass is 35.5. The van der Waals surface area contributed by atoms with Gasteiger partial charge in [-0.1, -0.05) is 32.4 Å². The standard InChI is InChI=1S/C32H43ClN4O5/c1-21-19-37(20-22(2)41-21)14-7-15-40-30-18-27-24(17-29(30)39-6)28(10-12-34-27)42-23-8-9-26(25(33)16-23)36-31(38)35-13-11-32(3,4)5/h8-10,12,16-18,21-22H,7,11,13-15,19-20H2,1-6H3,(H2,35,36,38). The van der Waals surface area contributed by atoms with E-state index < -0.39 is 0 Å². The van der Waals surface area contributed by atoms with E-state index in [2.05, 4.69) is 55.1 Å². The van der Waals surface area contributed by atoms with Gasteiger partial charge in [-0.05, 0) is 56.4 Å². The second kappa shape index (κ2) is 14.3. The SMILES string of the molecule is COc1cc2c(Oc3ccc(NC(=O)NCCC(C)(C)C)c(Cl)c3)ccnc2cc1OCCCN1CC(C)OC(C)C1. The summed E-state index contributed by atoms with van der Waals surface area (Å²) >= 11 is 6.48. The maximum absolute atomic E-state index is 12.3. The summed E-state index contributed by atoms with van der Waals surface area (Å²) in [7, 11) is 1.62. The summed E-state index contributed by atoms with van der Waals surface area (Å²) < 4.78 is 23.8. The Kier molecular flexibility index (Phi) is 10.8. The number of ether oxygens (including phenoxy) is 4. The Balaban J connectivity index is 1.38. The minimum Gasteiger partial charge on any atom is -0.493 e. The van der Waals surface area contributed by atoms with E-state index in [-0.39, 0.29) is 23.7 Å². The van der Waals surface area contributed by atoms with Gasteiger partial charge in [0.2, 0.25) is 0 Å². The van der Waals surface area contributed by atoms with Gasteiger partial charge in [-0.3, -0.25) is 9.88 Å². The molecule has 2 unspecified atom stereocenters. The predicted molar refractivity (Wildman–Crippen MR) is 167 cm³/mol. The van der Waals surface area contributed by atoms with E-state index in [0.29, 0.717) is 46.9 Å². The first-order valence-corrected chi connectivity index (χ1v) is 14.9. The number of carbonyl (C=O) groups excluding carboxylic acids is 1. The van der Waals surface area contributed by atoms with Crippen LogP contribution in [0.2, 0.25) is 5.02 Å². The Bertz CT molecular complexity index is 1350. The van der Waals surface area contributed by atoms with Gasteiger partial charge in [-0.15, -0.1) is 0 Å². The number of nitrogens with zero attached hydrogens (tertiary/aromatic N) is 2. The number of aromatic nitrogens is 1. The van der Waals surface area contributed by atoms with Crippen molar-refractivity contribution in [1.29, 1.82) is 0 Å². The largest absolute Gasteiger partial charge is 0.493 e. The van der Waals surface area contributed by atoms with Gasteiger partial charge in [-0.2, -0.15) is 0 Å². The van der Waals surface area contributed by atoms with Gasteiger partial charge in [0.15, 0.2) is 11.5 Å². The number of hydrogen-bond donors (Lipinski definition) is 2. The van der Waals surface area contributed by atoms with E-state index >= 15 is 0 Å². The second-order valence-corrected chi connectivity index (χ2v) is 12.4. The minimum absolute atomic E-state index is 0.140. The molecule has 1 aliphatic rings. The average molecular weight is 599 g/mol. The zero-order valence-corrected chi connectivity index (χ0v) is 26.2. The molecule has 0 bridgehead atoms. The number of pyridine rings is 1. The van der Waals surface area contributed by atoms with Crippen LogP contribution >= 0.6 is 11.6 Å². The van der Waals surface area contributed by atoms with Crippen LogP contribution in [0.15, 0.2) is 42.6 Å². The number of hydrogen-bond acceptors (Lipinski definition) is 7. The highest BCUT2D eigenvalue weighted by Crippen LogP contribution is 2.38. The second-order valence-electron chi connectivity index (χ2n) is 12.0. The van der Waals surface area contributed by atoms with Crippen molar-refractivity contribution >= 4 is 34.2 Å². The van der Waals surface area contributed by atoms with Crippen molar-refractivity contribution in [3.05, 3.63) is 47.6 Å². The quantitative estimate of drug-likeness (QED) is 0.227. The van der Waals surface area contributed by atoms with E-state index in [1.54, 1.807) is 37.6 Å². The summed E-state index contributed by atoms with van der Waals surface area (Å²) in [6.07, 6.45) is 3.94. The summed E-state index contributed by atoms with van der Waals surface area (Å²) in [5.74, 6) is 2.36. The van der Waals surface area contributed by atoms with Crippen LogP contribution in [0.5, 0.6) is 23.0 Å². The van der Waals surface area contributed by atoms with E-state index in [4.69, 9.17) is 30.5 Å². The molecule has 2 heterocycles. The lowest BCUT2D eigenvalue weighted by atomic mass is 9.92. The molecule has 1 saturated heterocycles. The molecule has 4 rings (SSSR count). The van der Waals surface area contributed by atoms with Crippen LogP contribution in [0.3, 0.4) is 0 Å². The first kappa shape index (κ1) is 31.7. The number of rotatable bonds is 11. The van der Waals surface area contributed by atoms with Crippen molar-refractivity contribution in [1.82, 2.24) is 15.2 Å². The van der Waals surface area contributed by atoms with Crippen LogP contribution in [0.25, 0.3) is 10.9 Å². The topological polar surface area (TPSA) is 94.2 Å². The van der Waals surface area contributed by atoms with Gasteiger partial charge in [0, 0.05) is 49.9 Å². The Morgan fingerprint density at radius 1 is 1.10 bits per heavy atom. The Morgan fingerprint density at radius 3 is 2.55 bits per heavy atom. The molecule has 10 heteroatoms. The van der Waals surface area contributed by atoms with Crippen LogP contribution in [0, 0.1) is 5.41 Å². The maximum atomic E-state index is 12.3. The lowest BCUT2D eigenvalue weighted by Gasteiger charge is -2.35. The molecule has 2 N–H and O–H groups in total. The molecule has 2 amide bonds. The number of morpholine rings is 1. The van der Waals surface area contributed by atoms with Crippen molar-refractivity contribution < 1.29 is 23.7 Å². The molecule has 2 atom stereocenters. The summed E-state index contributed by atoms with van der Waals surface area (Å²) in [5, 5.41) is 6.80. The van der Waals surface area contributed by atoms with Crippen LogP contribution in [-0.2, 0) is 4.74 Å². The molecule has 1 fully saturated rings. The molecule has 3 aromatic rings. The van der Waals surface area contributed by atoms with Gasteiger partial charge in [0.05, 0.1) is 42.2 Å². The number of carbonyl (C=O) groups is 1. The molecule has 0 spiro atoms. The molecule has 228 valence electrons. The highest BCUT2D eigenvalue weighted by Gasteiger charge is 2.21. The number of anilines is 1. The number of benzene rings is 2. The summed E-state index contributed by atoms with van der Waals surface area (Å²) in [6, 6.07) is 10.4. The first-order valence-electron chi connectivity index (χ1n) is 14.5.